The Balaban J connectivity index is 2.31. The summed E-state index contributed by atoms with van der Waals surface area (Å²) in [6.45, 7) is 1.69. The van der Waals surface area contributed by atoms with Gasteiger partial charge in [-0.25, -0.2) is 0 Å². The molecule has 6 heteroatoms. The zero-order chi connectivity index (χ0) is 14.9. The Morgan fingerprint density at radius 3 is 2.30 bits per heavy atom. The van der Waals surface area contributed by atoms with Crippen molar-refractivity contribution in [1.82, 2.24) is 0 Å². The van der Waals surface area contributed by atoms with Crippen LogP contribution in [0.15, 0.2) is 34.8 Å². The van der Waals surface area contributed by atoms with Crippen molar-refractivity contribution in [2.24, 2.45) is 0 Å². The second-order valence-electron chi connectivity index (χ2n) is 4.16. The predicted molar refractivity (Wildman–Crippen MR) is 86.3 cm³/mol. The first-order valence-electron chi connectivity index (χ1n) is 5.68. The number of benzene rings is 2. The van der Waals surface area contributed by atoms with Crippen molar-refractivity contribution < 1.29 is 9.84 Å². The molecule has 0 saturated heterocycles. The lowest BCUT2D eigenvalue weighted by molar-refractivity contribution is 0.198. The van der Waals surface area contributed by atoms with Crippen molar-refractivity contribution in [3.63, 3.8) is 0 Å². The van der Waals surface area contributed by atoms with Crippen LogP contribution in [0.2, 0.25) is 15.1 Å². The van der Waals surface area contributed by atoms with E-state index in [4.69, 9.17) is 39.5 Å². The normalized spacial score (nSPS) is 12.3. The van der Waals surface area contributed by atoms with Crippen molar-refractivity contribution in [3.8, 4) is 11.5 Å². The summed E-state index contributed by atoms with van der Waals surface area (Å²) in [5, 5.41) is 10.7. The Kier molecular flexibility index (Phi) is 5.21. The Hall–Kier alpha value is -0.450. The van der Waals surface area contributed by atoms with E-state index < -0.39 is 6.10 Å². The summed E-state index contributed by atoms with van der Waals surface area (Å²) >= 11 is 21.2. The summed E-state index contributed by atoms with van der Waals surface area (Å²) in [4.78, 5) is 0. The van der Waals surface area contributed by atoms with E-state index in [-0.39, 0.29) is 0 Å². The fourth-order valence-electron chi connectivity index (χ4n) is 1.62. The van der Waals surface area contributed by atoms with Crippen LogP contribution >= 0.6 is 50.7 Å². The highest BCUT2D eigenvalue weighted by Crippen LogP contribution is 2.37. The lowest BCUT2D eigenvalue weighted by atomic mass is 10.1. The SMILES string of the molecule is C[C@@H](O)c1ccc(Oc2cc(Cl)c(Cl)cc2Cl)cc1Br. The van der Waals surface area contributed by atoms with Gasteiger partial charge in [-0.2, -0.15) is 0 Å². The maximum Gasteiger partial charge on any atom is 0.147 e. The van der Waals surface area contributed by atoms with Crippen molar-refractivity contribution in [1.29, 1.82) is 0 Å². The van der Waals surface area contributed by atoms with E-state index in [2.05, 4.69) is 15.9 Å². The molecule has 106 valence electrons. The Labute approximate surface area is 140 Å². The standard InChI is InChI=1S/C14H10BrCl3O2/c1-7(19)9-3-2-8(4-10(9)15)20-14-6-12(17)11(16)5-13(14)18/h2-7,19H,1H3/t7-/m1/s1. The lowest BCUT2D eigenvalue weighted by Crippen LogP contribution is -1.93. The molecule has 0 saturated carbocycles. The molecule has 0 unspecified atom stereocenters. The van der Waals surface area contributed by atoms with Gasteiger partial charge in [0.1, 0.15) is 11.5 Å². The highest BCUT2D eigenvalue weighted by atomic mass is 79.9. The van der Waals surface area contributed by atoms with Gasteiger partial charge in [0.25, 0.3) is 0 Å². The van der Waals surface area contributed by atoms with Crippen LogP contribution in [-0.4, -0.2) is 5.11 Å². The zero-order valence-electron chi connectivity index (χ0n) is 10.3. The molecule has 0 amide bonds. The monoisotopic (exact) mass is 394 g/mol. The molecule has 2 aromatic carbocycles. The van der Waals surface area contributed by atoms with Crippen LogP contribution in [0.4, 0.5) is 0 Å². The van der Waals surface area contributed by atoms with Gasteiger partial charge < -0.3 is 9.84 Å². The van der Waals surface area contributed by atoms with Gasteiger partial charge in [0.15, 0.2) is 0 Å². The van der Waals surface area contributed by atoms with E-state index in [0.717, 1.165) is 10.0 Å². The molecule has 0 spiro atoms. The zero-order valence-corrected chi connectivity index (χ0v) is 14.2. The molecule has 0 aromatic heterocycles. The smallest absolute Gasteiger partial charge is 0.147 e. The van der Waals surface area contributed by atoms with Crippen molar-refractivity contribution in [2.45, 2.75) is 13.0 Å². The van der Waals surface area contributed by atoms with Gasteiger partial charge in [0, 0.05) is 10.5 Å². The fourth-order valence-corrected chi connectivity index (χ4v) is 2.88. The summed E-state index contributed by atoms with van der Waals surface area (Å²) in [7, 11) is 0. The van der Waals surface area contributed by atoms with Gasteiger partial charge in [0.2, 0.25) is 0 Å². The molecule has 20 heavy (non-hydrogen) atoms. The Morgan fingerprint density at radius 1 is 1.05 bits per heavy atom. The van der Waals surface area contributed by atoms with Crippen molar-refractivity contribution in [2.75, 3.05) is 0 Å². The van der Waals surface area contributed by atoms with Crippen LogP contribution in [0, 0.1) is 0 Å². The highest BCUT2D eigenvalue weighted by molar-refractivity contribution is 9.10. The van der Waals surface area contributed by atoms with Crippen LogP contribution in [0.1, 0.15) is 18.6 Å². The molecule has 2 aromatic rings. The Bertz CT molecular complexity index is 645. The van der Waals surface area contributed by atoms with Crippen LogP contribution in [-0.2, 0) is 0 Å². The van der Waals surface area contributed by atoms with E-state index in [1.165, 1.54) is 6.07 Å². The number of aliphatic hydroxyl groups is 1. The molecular weight excluding hydrogens is 386 g/mol. The minimum absolute atomic E-state index is 0.366. The van der Waals surface area contributed by atoms with Crippen LogP contribution in [0.5, 0.6) is 11.5 Å². The first kappa shape index (κ1) is 15.9. The molecule has 0 bridgehead atoms. The van der Waals surface area contributed by atoms with Gasteiger partial charge in [0.05, 0.1) is 21.2 Å². The number of hydrogen-bond acceptors (Lipinski definition) is 2. The van der Waals surface area contributed by atoms with E-state index in [0.29, 0.717) is 26.6 Å². The molecular formula is C14H10BrCl3O2. The average molecular weight is 396 g/mol. The van der Waals surface area contributed by atoms with E-state index >= 15 is 0 Å². The highest BCUT2D eigenvalue weighted by Gasteiger charge is 2.11. The third kappa shape index (κ3) is 3.60. The summed E-state index contributed by atoms with van der Waals surface area (Å²) < 4.78 is 6.42. The fraction of sp³-hybridized carbons (Fsp3) is 0.143. The second kappa shape index (κ2) is 6.54. The third-order valence-electron chi connectivity index (χ3n) is 2.62. The van der Waals surface area contributed by atoms with Crippen LogP contribution < -0.4 is 4.74 Å². The molecule has 0 aliphatic heterocycles. The molecule has 2 rings (SSSR count). The second-order valence-corrected chi connectivity index (χ2v) is 6.23. The number of halogens is 4. The van der Waals surface area contributed by atoms with Crippen LogP contribution in [0.25, 0.3) is 0 Å². The van der Waals surface area contributed by atoms with Gasteiger partial charge in [-0.15, -0.1) is 0 Å². The summed E-state index contributed by atoms with van der Waals surface area (Å²) in [5.41, 5.74) is 0.776. The van der Waals surface area contributed by atoms with Crippen LogP contribution in [0.3, 0.4) is 0 Å². The molecule has 0 radical (unpaired) electrons. The number of rotatable bonds is 3. The topological polar surface area (TPSA) is 29.5 Å². The summed E-state index contributed by atoms with van der Waals surface area (Å²) in [6, 6.07) is 8.35. The number of aliphatic hydroxyl groups excluding tert-OH is 1. The Morgan fingerprint density at radius 2 is 1.70 bits per heavy atom. The number of ether oxygens (including phenoxy) is 1. The average Bonchev–Trinajstić information content (AvgIpc) is 2.35. The van der Waals surface area contributed by atoms with E-state index in [9.17, 15) is 5.11 Å². The largest absolute Gasteiger partial charge is 0.456 e. The van der Waals surface area contributed by atoms with Gasteiger partial charge in [-0.1, -0.05) is 56.8 Å². The molecule has 1 N–H and O–H groups in total. The third-order valence-corrected chi connectivity index (χ3v) is 4.33. The first-order valence-corrected chi connectivity index (χ1v) is 7.61. The van der Waals surface area contributed by atoms with Gasteiger partial charge >= 0.3 is 0 Å². The molecule has 2 nitrogen and oxygen atoms in total. The molecule has 0 fully saturated rings. The first-order chi connectivity index (χ1) is 9.38. The lowest BCUT2D eigenvalue weighted by Gasteiger charge is -2.12. The van der Waals surface area contributed by atoms with Gasteiger partial charge in [-0.3, -0.25) is 0 Å². The minimum atomic E-state index is -0.563. The van der Waals surface area contributed by atoms with E-state index in [1.54, 1.807) is 31.2 Å². The van der Waals surface area contributed by atoms with Crippen molar-refractivity contribution in [3.05, 3.63) is 55.4 Å². The van der Waals surface area contributed by atoms with E-state index in [1.807, 2.05) is 0 Å². The summed E-state index contributed by atoms with van der Waals surface area (Å²) in [5.74, 6) is 0.985. The molecule has 0 aliphatic carbocycles. The molecule has 0 aliphatic rings. The number of hydrogen-bond donors (Lipinski definition) is 1. The minimum Gasteiger partial charge on any atom is -0.456 e. The quantitative estimate of drug-likeness (QED) is 0.621. The molecule has 1 atom stereocenters. The maximum absolute atomic E-state index is 9.57. The van der Waals surface area contributed by atoms with Gasteiger partial charge in [-0.05, 0) is 30.7 Å². The summed E-state index contributed by atoms with van der Waals surface area (Å²) in [6.07, 6.45) is -0.563. The molecule has 0 heterocycles. The predicted octanol–water partition coefficient (Wildman–Crippen LogP) is 6.25. The van der Waals surface area contributed by atoms with Crippen molar-refractivity contribution >= 4 is 50.7 Å². The maximum atomic E-state index is 9.57.